The Labute approximate surface area is 88.9 Å². The summed E-state index contributed by atoms with van der Waals surface area (Å²) in [5, 5.41) is 5.97. The van der Waals surface area contributed by atoms with E-state index in [1.165, 1.54) is 7.11 Å². The van der Waals surface area contributed by atoms with Crippen LogP contribution in [-0.4, -0.2) is 31.7 Å². The Morgan fingerprint density at radius 3 is 2.87 bits per heavy atom. The zero-order valence-corrected chi connectivity index (χ0v) is 8.91. The van der Waals surface area contributed by atoms with Gasteiger partial charge in [-0.25, -0.2) is 4.98 Å². The van der Waals surface area contributed by atoms with E-state index in [4.69, 9.17) is 0 Å². The Balaban J connectivity index is 2.40. The fraction of sp³-hybridized carbons (Fsp3) is 0.400. The second-order valence-corrected chi connectivity index (χ2v) is 2.91. The molecule has 0 saturated carbocycles. The summed E-state index contributed by atoms with van der Waals surface area (Å²) in [6, 6.07) is 5.60. The zero-order valence-electron chi connectivity index (χ0n) is 8.91. The largest absolute Gasteiger partial charge is 0.469 e. The normalized spacial score (nSPS) is 9.47. The van der Waals surface area contributed by atoms with Crippen molar-refractivity contribution in [3.05, 3.63) is 18.2 Å². The molecule has 5 heteroatoms. The van der Waals surface area contributed by atoms with Gasteiger partial charge in [0, 0.05) is 13.6 Å². The van der Waals surface area contributed by atoms with E-state index in [1.807, 2.05) is 18.2 Å². The molecule has 1 aromatic heterocycles. The predicted molar refractivity (Wildman–Crippen MR) is 58.9 cm³/mol. The van der Waals surface area contributed by atoms with E-state index in [0.717, 1.165) is 11.6 Å². The molecule has 82 valence electrons. The SMILES string of the molecule is CNc1cccc(NCCC(=O)OC)n1. The van der Waals surface area contributed by atoms with Crippen LogP contribution < -0.4 is 10.6 Å². The number of carbonyl (C=O) groups is 1. The lowest BCUT2D eigenvalue weighted by Crippen LogP contribution is -2.10. The van der Waals surface area contributed by atoms with Crippen LogP contribution in [0.3, 0.4) is 0 Å². The van der Waals surface area contributed by atoms with Crippen molar-refractivity contribution in [3.8, 4) is 0 Å². The minimum absolute atomic E-state index is 0.229. The average Bonchev–Trinajstić information content (AvgIpc) is 2.29. The lowest BCUT2D eigenvalue weighted by molar-refractivity contribution is -0.140. The number of anilines is 2. The molecule has 0 aromatic carbocycles. The quantitative estimate of drug-likeness (QED) is 0.711. The van der Waals surface area contributed by atoms with Crippen molar-refractivity contribution >= 4 is 17.6 Å². The van der Waals surface area contributed by atoms with Gasteiger partial charge in [-0.1, -0.05) is 6.07 Å². The molecule has 0 aliphatic rings. The summed E-state index contributed by atoms with van der Waals surface area (Å²) < 4.78 is 4.52. The van der Waals surface area contributed by atoms with E-state index in [9.17, 15) is 4.79 Å². The molecular weight excluding hydrogens is 194 g/mol. The minimum atomic E-state index is -0.229. The summed E-state index contributed by atoms with van der Waals surface area (Å²) in [4.78, 5) is 15.1. The van der Waals surface area contributed by atoms with Crippen LogP contribution in [0.5, 0.6) is 0 Å². The molecule has 0 aliphatic heterocycles. The maximum absolute atomic E-state index is 10.8. The first-order chi connectivity index (χ1) is 7.26. The fourth-order valence-corrected chi connectivity index (χ4v) is 1.07. The van der Waals surface area contributed by atoms with Crippen LogP contribution in [0.15, 0.2) is 18.2 Å². The first-order valence-electron chi connectivity index (χ1n) is 4.71. The highest BCUT2D eigenvalue weighted by Crippen LogP contribution is 2.07. The third kappa shape index (κ3) is 3.84. The second-order valence-electron chi connectivity index (χ2n) is 2.91. The summed E-state index contributed by atoms with van der Waals surface area (Å²) in [5.74, 6) is 1.30. The van der Waals surface area contributed by atoms with Gasteiger partial charge in [0.2, 0.25) is 0 Å². The maximum Gasteiger partial charge on any atom is 0.307 e. The van der Waals surface area contributed by atoms with E-state index < -0.39 is 0 Å². The summed E-state index contributed by atoms with van der Waals surface area (Å²) in [6.07, 6.45) is 0.335. The van der Waals surface area contributed by atoms with Gasteiger partial charge in [0.1, 0.15) is 11.6 Å². The van der Waals surface area contributed by atoms with Crippen molar-refractivity contribution in [2.24, 2.45) is 0 Å². The molecule has 15 heavy (non-hydrogen) atoms. The number of hydrogen-bond acceptors (Lipinski definition) is 5. The van der Waals surface area contributed by atoms with Gasteiger partial charge in [-0.3, -0.25) is 4.79 Å². The molecular formula is C10H15N3O2. The second kappa shape index (κ2) is 5.85. The molecule has 0 saturated heterocycles. The molecule has 0 radical (unpaired) electrons. The number of nitrogens with one attached hydrogen (secondary N) is 2. The van der Waals surface area contributed by atoms with Crippen LogP contribution in [-0.2, 0) is 9.53 Å². The van der Waals surface area contributed by atoms with E-state index in [0.29, 0.717) is 13.0 Å². The Hall–Kier alpha value is -1.78. The molecule has 1 rings (SSSR count). The number of pyridine rings is 1. The lowest BCUT2D eigenvalue weighted by Gasteiger charge is -2.06. The van der Waals surface area contributed by atoms with Crippen molar-refractivity contribution in [2.75, 3.05) is 31.3 Å². The fourth-order valence-electron chi connectivity index (χ4n) is 1.07. The standard InChI is InChI=1S/C10H15N3O2/c1-11-8-4-3-5-9(13-8)12-7-6-10(14)15-2/h3-5H,6-7H2,1-2H3,(H2,11,12,13). The topological polar surface area (TPSA) is 63.2 Å². The van der Waals surface area contributed by atoms with Crippen LogP contribution in [0.1, 0.15) is 6.42 Å². The van der Waals surface area contributed by atoms with Gasteiger partial charge in [0.05, 0.1) is 13.5 Å². The van der Waals surface area contributed by atoms with E-state index in [1.54, 1.807) is 7.05 Å². The third-order valence-electron chi connectivity index (χ3n) is 1.87. The zero-order chi connectivity index (χ0) is 11.1. The number of hydrogen-bond donors (Lipinski definition) is 2. The lowest BCUT2D eigenvalue weighted by atomic mass is 10.4. The molecule has 5 nitrogen and oxygen atoms in total. The minimum Gasteiger partial charge on any atom is -0.469 e. The van der Waals surface area contributed by atoms with E-state index in [2.05, 4.69) is 20.4 Å². The van der Waals surface area contributed by atoms with Crippen LogP contribution in [0.2, 0.25) is 0 Å². The number of nitrogens with zero attached hydrogens (tertiary/aromatic N) is 1. The summed E-state index contributed by atoms with van der Waals surface area (Å²) in [5.41, 5.74) is 0. The van der Waals surface area contributed by atoms with Gasteiger partial charge in [0.25, 0.3) is 0 Å². The highest BCUT2D eigenvalue weighted by atomic mass is 16.5. The average molecular weight is 209 g/mol. The summed E-state index contributed by atoms with van der Waals surface area (Å²) >= 11 is 0. The van der Waals surface area contributed by atoms with Crippen LogP contribution in [0.4, 0.5) is 11.6 Å². The molecule has 1 aromatic rings. The van der Waals surface area contributed by atoms with Crippen molar-refractivity contribution in [3.63, 3.8) is 0 Å². The molecule has 0 unspecified atom stereocenters. The smallest absolute Gasteiger partial charge is 0.307 e. The van der Waals surface area contributed by atoms with Gasteiger partial charge in [-0.05, 0) is 12.1 Å². The summed E-state index contributed by atoms with van der Waals surface area (Å²) in [7, 11) is 3.18. The molecule has 0 spiro atoms. The first kappa shape index (κ1) is 11.3. The first-order valence-corrected chi connectivity index (χ1v) is 4.71. The van der Waals surface area contributed by atoms with Crippen molar-refractivity contribution in [1.29, 1.82) is 0 Å². The number of ether oxygens (including phenoxy) is 1. The molecule has 0 aliphatic carbocycles. The number of aromatic nitrogens is 1. The Kier molecular flexibility index (Phi) is 4.40. The molecule has 2 N–H and O–H groups in total. The van der Waals surface area contributed by atoms with E-state index in [-0.39, 0.29) is 5.97 Å². The number of methoxy groups -OCH3 is 1. The molecule has 0 fully saturated rings. The number of rotatable bonds is 5. The van der Waals surface area contributed by atoms with Crippen molar-refractivity contribution in [1.82, 2.24) is 4.98 Å². The predicted octanol–water partition coefficient (Wildman–Crippen LogP) is 1.10. The van der Waals surface area contributed by atoms with Gasteiger partial charge < -0.3 is 15.4 Å². The molecule has 0 amide bonds. The van der Waals surface area contributed by atoms with Crippen LogP contribution in [0.25, 0.3) is 0 Å². The molecule has 1 heterocycles. The van der Waals surface area contributed by atoms with Gasteiger partial charge in [-0.15, -0.1) is 0 Å². The van der Waals surface area contributed by atoms with Crippen LogP contribution >= 0.6 is 0 Å². The van der Waals surface area contributed by atoms with E-state index >= 15 is 0 Å². The molecule has 0 bridgehead atoms. The summed E-state index contributed by atoms with van der Waals surface area (Å²) in [6.45, 7) is 0.521. The highest BCUT2D eigenvalue weighted by molar-refractivity contribution is 5.69. The Bertz CT molecular complexity index is 328. The van der Waals surface area contributed by atoms with Gasteiger partial charge >= 0.3 is 5.97 Å². The number of carbonyl (C=O) groups excluding carboxylic acids is 1. The third-order valence-corrected chi connectivity index (χ3v) is 1.87. The monoisotopic (exact) mass is 209 g/mol. The van der Waals surface area contributed by atoms with Crippen LogP contribution in [0, 0.1) is 0 Å². The molecule has 0 atom stereocenters. The highest BCUT2D eigenvalue weighted by Gasteiger charge is 2.00. The van der Waals surface area contributed by atoms with Crippen molar-refractivity contribution < 1.29 is 9.53 Å². The Morgan fingerprint density at radius 1 is 1.47 bits per heavy atom. The number of esters is 1. The van der Waals surface area contributed by atoms with Gasteiger partial charge in [0.15, 0.2) is 0 Å². The maximum atomic E-state index is 10.8. The van der Waals surface area contributed by atoms with Gasteiger partial charge in [-0.2, -0.15) is 0 Å². The van der Waals surface area contributed by atoms with Crippen molar-refractivity contribution in [2.45, 2.75) is 6.42 Å². The Morgan fingerprint density at radius 2 is 2.20 bits per heavy atom.